The van der Waals surface area contributed by atoms with Gasteiger partial charge in [0.25, 0.3) is 0 Å². The first-order valence-electron chi connectivity index (χ1n) is 8.41. The molecule has 0 aromatic heterocycles. The average Bonchev–Trinajstić information content (AvgIpc) is 2.85. The Labute approximate surface area is 141 Å². The van der Waals surface area contributed by atoms with Gasteiger partial charge in [-0.3, -0.25) is 0 Å². The van der Waals surface area contributed by atoms with Crippen LogP contribution in [0.5, 0.6) is 0 Å². The minimum Gasteiger partial charge on any atom is -0.397 e. The molecule has 0 bridgehead atoms. The molecule has 1 heterocycles. The van der Waals surface area contributed by atoms with Crippen LogP contribution in [0.1, 0.15) is 33.4 Å². The van der Waals surface area contributed by atoms with Crippen molar-refractivity contribution in [1.82, 2.24) is 0 Å². The number of aryl methyl sites for hydroxylation is 6. The van der Waals surface area contributed by atoms with Crippen molar-refractivity contribution in [3.05, 3.63) is 57.6 Å². The highest BCUT2D eigenvalue weighted by molar-refractivity contribution is 6.48. The SMILES string of the molecule is Cc1cc(C)c(N2[B]N(c3c(C)cc(C)cc3C)CC2)c(C)c1. The molecule has 0 unspecified atom stereocenters. The Hall–Kier alpha value is -1.90. The van der Waals surface area contributed by atoms with Crippen molar-refractivity contribution in [2.75, 3.05) is 22.7 Å². The van der Waals surface area contributed by atoms with E-state index < -0.39 is 0 Å². The summed E-state index contributed by atoms with van der Waals surface area (Å²) >= 11 is 0. The van der Waals surface area contributed by atoms with Crippen LogP contribution in [0.15, 0.2) is 24.3 Å². The Morgan fingerprint density at radius 3 is 1.22 bits per heavy atom. The molecule has 3 rings (SSSR count). The Morgan fingerprint density at radius 1 is 0.609 bits per heavy atom. The van der Waals surface area contributed by atoms with Gasteiger partial charge in [-0.15, -0.1) is 0 Å². The molecule has 119 valence electrons. The lowest BCUT2D eigenvalue weighted by Crippen LogP contribution is -2.31. The minimum atomic E-state index is 1.04. The van der Waals surface area contributed by atoms with Gasteiger partial charge in [-0.05, 0) is 63.8 Å². The maximum Gasteiger partial charge on any atom is 0.391 e. The number of hydrogen-bond acceptors (Lipinski definition) is 2. The zero-order chi connectivity index (χ0) is 16.7. The zero-order valence-electron chi connectivity index (χ0n) is 15.2. The van der Waals surface area contributed by atoms with Gasteiger partial charge >= 0.3 is 7.55 Å². The van der Waals surface area contributed by atoms with E-state index in [1.807, 2.05) is 0 Å². The van der Waals surface area contributed by atoms with Gasteiger partial charge in [-0.2, -0.15) is 0 Å². The Kier molecular flexibility index (Phi) is 4.14. The molecule has 0 atom stereocenters. The predicted molar refractivity (Wildman–Crippen MR) is 102 cm³/mol. The Bertz CT molecular complexity index is 642. The second-order valence-electron chi connectivity index (χ2n) is 7.00. The van der Waals surface area contributed by atoms with E-state index in [1.54, 1.807) is 0 Å². The van der Waals surface area contributed by atoms with Crippen LogP contribution in [0.25, 0.3) is 0 Å². The van der Waals surface area contributed by atoms with Gasteiger partial charge in [0, 0.05) is 24.5 Å². The predicted octanol–water partition coefficient (Wildman–Crippen LogP) is 4.40. The van der Waals surface area contributed by atoms with E-state index in [-0.39, 0.29) is 0 Å². The highest BCUT2D eigenvalue weighted by Crippen LogP contribution is 2.32. The molecule has 0 amide bonds. The van der Waals surface area contributed by atoms with Crippen molar-refractivity contribution in [2.24, 2.45) is 0 Å². The highest BCUT2D eigenvalue weighted by atomic mass is 15.3. The van der Waals surface area contributed by atoms with Crippen LogP contribution in [-0.4, -0.2) is 20.6 Å². The van der Waals surface area contributed by atoms with Crippen LogP contribution in [0.3, 0.4) is 0 Å². The Morgan fingerprint density at radius 2 is 0.913 bits per heavy atom. The fraction of sp³-hybridized carbons (Fsp3) is 0.400. The molecule has 0 saturated carbocycles. The van der Waals surface area contributed by atoms with Crippen LogP contribution in [0.4, 0.5) is 11.4 Å². The second kappa shape index (κ2) is 5.95. The molecule has 1 aliphatic rings. The highest BCUT2D eigenvalue weighted by Gasteiger charge is 2.27. The van der Waals surface area contributed by atoms with E-state index in [2.05, 4.69) is 83.0 Å². The first kappa shape index (κ1) is 16.0. The van der Waals surface area contributed by atoms with Gasteiger partial charge in [0.15, 0.2) is 0 Å². The summed E-state index contributed by atoms with van der Waals surface area (Å²) in [6, 6.07) is 9.12. The molecule has 0 spiro atoms. The van der Waals surface area contributed by atoms with Crippen molar-refractivity contribution in [3.63, 3.8) is 0 Å². The maximum absolute atomic E-state index is 2.41. The van der Waals surface area contributed by atoms with Crippen LogP contribution in [0.2, 0.25) is 0 Å². The van der Waals surface area contributed by atoms with E-state index in [4.69, 9.17) is 0 Å². The lowest BCUT2D eigenvalue weighted by Gasteiger charge is -2.25. The summed E-state index contributed by atoms with van der Waals surface area (Å²) in [5, 5.41) is 0. The zero-order valence-corrected chi connectivity index (χ0v) is 15.2. The van der Waals surface area contributed by atoms with Crippen molar-refractivity contribution >= 4 is 18.9 Å². The number of nitrogens with zero attached hydrogens (tertiary/aromatic N) is 2. The molecule has 1 saturated heterocycles. The number of hydrogen-bond donors (Lipinski definition) is 0. The lowest BCUT2D eigenvalue weighted by molar-refractivity contribution is 1.01. The lowest BCUT2D eigenvalue weighted by atomic mass is 9.96. The first-order chi connectivity index (χ1) is 10.9. The molecule has 3 heteroatoms. The molecule has 2 aromatic carbocycles. The van der Waals surface area contributed by atoms with E-state index in [0.717, 1.165) is 13.1 Å². The normalized spacial score (nSPS) is 14.3. The van der Waals surface area contributed by atoms with E-state index >= 15 is 0 Å². The van der Waals surface area contributed by atoms with Gasteiger partial charge in [-0.25, -0.2) is 0 Å². The second-order valence-corrected chi connectivity index (χ2v) is 7.00. The van der Waals surface area contributed by atoms with Gasteiger partial charge < -0.3 is 9.62 Å². The summed E-state index contributed by atoms with van der Waals surface area (Å²) in [5.74, 6) is 0. The van der Waals surface area contributed by atoms with Crippen LogP contribution in [-0.2, 0) is 0 Å². The largest absolute Gasteiger partial charge is 0.397 e. The molecule has 23 heavy (non-hydrogen) atoms. The van der Waals surface area contributed by atoms with E-state index in [1.165, 1.54) is 44.8 Å². The van der Waals surface area contributed by atoms with E-state index in [0.29, 0.717) is 0 Å². The summed E-state index contributed by atoms with van der Waals surface area (Å²) in [6.45, 7) is 15.3. The Balaban J connectivity index is 1.91. The number of rotatable bonds is 2. The molecular formula is C20H26BN2. The van der Waals surface area contributed by atoms with Crippen molar-refractivity contribution < 1.29 is 0 Å². The summed E-state index contributed by atoms with van der Waals surface area (Å²) in [7, 11) is 2.29. The molecule has 0 N–H and O–H groups in total. The summed E-state index contributed by atoms with van der Waals surface area (Å²) in [4.78, 5) is 4.81. The molecule has 0 aliphatic carbocycles. The topological polar surface area (TPSA) is 6.48 Å². The molecule has 2 aromatic rings. The van der Waals surface area contributed by atoms with Crippen molar-refractivity contribution in [2.45, 2.75) is 41.5 Å². The average molecular weight is 305 g/mol. The molecule has 2 nitrogen and oxygen atoms in total. The minimum absolute atomic E-state index is 1.04. The van der Waals surface area contributed by atoms with Gasteiger partial charge in [0.1, 0.15) is 0 Å². The fourth-order valence-corrected chi connectivity index (χ4v) is 4.09. The summed E-state index contributed by atoms with van der Waals surface area (Å²) < 4.78 is 0. The molecule has 1 fully saturated rings. The molecule has 1 radical (unpaired) electrons. The third-order valence-corrected chi connectivity index (χ3v) is 4.71. The monoisotopic (exact) mass is 305 g/mol. The maximum atomic E-state index is 2.41. The fourth-order valence-electron chi connectivity index (χ4n) is 4.09. The quantitative estimate of drug-likeness (QED) is 0.759. The van der Waals surface area contributed by atoms with Crippen molar-refractivity contribution in [1.29, 1.82) is 0 Å². The van der Waals surface area contributed by atoms with Gasteiger partial charge in [0.2, 0.25) is 0 Å². The van der Waals surface area contributed by atoms with Gasteiger partial charge in [0.05, 0.1) is 0 Å². The van der Waals surface area contributed by atoms with Gasteiger partial charge in [-0.1, -0.05) is 35.4 Å². The van der Waals surface area contributed by atoms with Crippen LogP contribution >= 0.6 is 0 Å². The standard InChI is InChI=1S/C20H26BN2/c1-13-9-15(3)19(16(4)10-13)22-7-8-23(21-22)20-17(5)11-14(2)12-18(20)6/h9-12H,7-8H2,1-6H3. The van der Waals surface area contributed by atoms with Crippen molar-refractivity contribution in [3.8, 4) is 0 Å². The van der Waals surface area contributed by atoms with E-state index in [9.17, 15) is 0 Å². The van der Waals surface area contributed by atoms with Crippen LogP contribution < -0.4 is 9.62 Å². The van der Waals surface area contributed by atoms with Crippen LogP contribution in [0, 0.1) is 41.5 Å². The molecule has 1 aliphatic heterocycles. The summed E-state index contributed by atoms with van der Waals surface area (Å²) in [5.41, 5.74) is 10.8. The smallest absolute Gasteiger partial charge is 0.391 e. The summed E-state index contributed by atoms with van der Waals surface area (Å²) in [6.07, 6.45) is 0. The first-order valence-corrected chi connectivity index (χ1v) is 8.41. The number of anilines is 2. The third kappa shape index (κ3) is 2.97. The number of benzene rings is 2. The molecular weight excluding hydrogens is 279 g/mol. The third-order valence-electron chi connectivity index (χ3n) is 4.71.